The number of halogens is 1. The first kappa shape index (κ1) is 21.6. The third kappa shape index (κ3) is 6.44. The molecule has 0 radical (unpaired) electrons. The van der Waals surface area contributed by atoms with Crippen LogP contribution in [0.1, 0.15) is 0 Å². The zero-order valence-electron chi connectivity index (χ0n) is 15.0. The molecule has 1 fully saturated rings. The number of hydrogen-bond acceptors (Lipinski definition) is 5. The number of piperazine rings is 1. The molecule has 0 aromatic carbocycles. The van der Waals surface area contributed by atoms with E-state index in [1.165, 1.54) is 0 Å². The topological polar surface area (TPSA) is 84.2 Å². The lowest BCUT2D eigenvalue weighted by Crippen LogP contribution is -2.55. The van der Waals surface area contributed by atoms with Crippen LogP contribution in [0.2, 0.25) is 0 Å². The van der Waals surface area contributed by atoms with Crippen LogP contribution < -0.4 is 10.2 Å². The van der Waals surface area contributed by atoms with Crippen LogP contribution in [0.3, 0.4) is 0 Å². The van der Waals surface area contributed by atoms with Crippen molar-refractivity contribution in [3.05, 3.63) is 12.4 Å². The number of ether oxygens (including phenoxy) is 2. The first-order valence-electron chi connectivity index (χ1n) is 7.97. The highest BCUT2D eigenvalue weighted by Crippen LogP contribution is 2.15. The summed E-state index contributed by atoms with van der Waals surface area (Å²) in [6.45, 7) is 3.96. The van der Waals surface area contributed by atoms with E-state index in [9.17, 15) is 4.79 Å². The normalized spacial score (nSPS) is 15.3. The van der Waals surface area contributed by atoms with Gasteiger partial charge in [0.15, 0.2) is 5.96 Å². The van der Waals surface area contributed by atoms with Crippen LogP contribution in [0.15, 0.2) is 17.4 Å². The largest absolute Gasteiger partial charge is 0.382 e. The number of methoxy groups -OCH3 is 1. The number of rotatable bonds is 7. The summed E-state index contributed by atoms with van der Waals surface area (Å²) in [7, 11) is 5.20. The Hall–Kier alpha value is -1.40. The van der Waals surface area contributed by atoms with E-state index >= 15 is 0 Å². The van der Waals surface area contributed by atoms with E-state index in [2.05, 4.69) is 15.4 Å². The number of carbonyl (C=O) groups excluding carboxylic acids is 1. The number of amides is 1. The van der Waals surface area contributed by atoms with Crippen LogP contribution >= 0.6 is 24.0 Å². The van der Waals surface area contributed by atoms with Crippen molar-refractivity contribution in [1.29, 1.82) is 0 Å². The molecule has 1 N–H and O–H groups in total. The zero-order chi connectivity index (χ0) is 17.4. The first-order valence-corrected chi connectivity index (χ1v) is 7.97. The Morgan fingerprint density at radius 2 is 2.16 bits per heavy atom. The molecule has 1 amide bonds. The quantitative estimate of drug-likeness (QED) is 0.262. The van der Waals surface area contributed by atoms with Gasteiger partial charge in [0, 0.05) is 47.0 Å². The van der Waals surface area contributed by atoms with Crippen molar-refractivity contribution < 1.29 is 14.3 Å². The highest BCUT2D eigenvalue weighted by Gasteiger charge is 2.27. The van der Waals surface area contributed by atoms with E-state index in [1.807, 2.05) is 18.1 Å². The Labute approximate surface area is 165 Å². The summed E-state index contributed by atoms with van der Waals surface area (Å²) < 4.78 is 12.0. The van der Waals surface area contributed by atoms with Gasteiger partial charge in [-0.3, -0.25) is 14.5 Å². The van der Waals surface area contributed by atoms with E-state index in [0.29, 0.717) is 52.0 Å². The summed E-state index contributed by atoms with van der Waals surface area (Å²) in [6, 6.07) is 0. The van der Waals surface area contributed by atoms with Crippen LogP contribution in [0.5, 0.6) is 0 Å². The van der Waals surface area contributed by atoms with Gasteiger partial charge in [-0.25, -0.2) is 0 Å². The van der Waals surface area contributed by atoms with Crippen molar-refractivity contribution in [2.24, 2.45) is 12.0 Å². The Balaban J connectivity index is 0.00000312. The molecule has 0 spiro atoms. The molecule has 0 saturated carbocycles. The maximum Gasteiger partial charge on any atom is 0.246 e. The zero-order valence-corrected chi connectivity index (χ0v) is 17.3. The summed E-state index contributed by atoms with van der Waals surface area (Å²) in [5, 5.41) is 7.34. The average Bonchev–Trinajstić information content (AvgIpc) is 3.00. The molecule has 2 rings (SSSR count). The van der Waals surface area contributed by atoms with Crippen LogP contribution in [0, 0.1) is 0 Å². The van der Waals surface area contributed by atoms with E-state index in [4.69, 9.17) is 9.47 Å². The van der Waals surface area contributed by atoms with Crippen molar-refractivity contribution in [2.75, 3.05) is 65.1 Å². The van der Waals surface area contributed by atoms with Gasteiger partial charge in [0.1, 0.15) is 6.54 Å². The monoisotopic (exact) mass is 466 g/mol. The smallest absolute Gasteiger partial charge is 0.246 e. The summed E-state index contributed by atoms with van der Waals surface area (Å²) in [6.07, 6.45) is 3.55. The predicted molar refractivity (Wildman–Crippen MR) is 107 cm³/mol. The number of nitrogens with one attached hydrogen (secondary N) is 1. The van der Waals surface area contributed by atoms with Gasteiger partial charge in [0.05, 0.1) is 31.7 Å². The second kappa shape index (κ2) is 11.3. The lowest BCUT2D eigenvalue weighted by atomic mass is 10.3. The second-order valence-corrected chi connectivity index (χ2v) is 5.42. The number of anilines is 1. The van der Waals surface area contributed by atoms with Crippen molar-refractivity contribution in [3.63, 3.8) is 0 Å². The van der Waals surface area contributed by atoms with Gasteiger partial charge >= 0.3 is 0 Å². The number of carbonyl (C=O) groups is 1. The minimum atomic E-state index is 0. The summed E-state index contributed by atoms with van der Waals surface area (Å²) in [4.78, 5) is 20.4. The molecule has 0 aliphatic carbocycles. The number of hydrogen-bond donors (Lipinski definition) is 1. The van der Waals surface area contributed by atoms with Crippen LogP contribution in [0.4, 0.5) is 5.69 Å². The van der Waals surface area contributed by atoms with Gasteiger partial charge in [-0.05, 0) is 0 Å². The highest BCUT2D eigenvalue weighted by molar-refractivity contribution is 14.0. The maximum absolute atomic E-state index is 12.4. The molecule has 1 aliphatic rings. The fourth-order valence-corrected chi connectivity index (χ4v) is 2.49. The molecule has 142 valence electrons. The lowest BCUT2D eigenvalue weighted by molar-refractivity contribution is -0.120. The molecular weight excluding hydrogens is 439 g/mol. The number of aromatic nitrogens is 2. The summed E-state index contributed by atoms with van der Waals surface area (Å²) in [5.74, 6) is 0.748. The van der Waals surface area contributed by atoms with Crippen LogP contribution in [-0.4, -0.2) is 86.7 Å². The number of nitrogens with zero attached hydrogens (tertiary/aromatic N) is 5. The second-order valence-electron chi connectivity index (χ2n) is 5.42. The molecule has 1 aromatic heterocycles. The molecule has 10 heteroatoms. The SMILES string of the molecule is CN=C(NCCOCCOC)N1CCN(c2cnn(C)c2)C(=O)C1.I. The molecule has 25 heavy (non-hydrogen) atoms. The van der Waals surface area contributed by atoms with E-state index in [0.717, 1.165) is 5.69 Å². The fourth-order valence-electron chi connectivity index (χ4n) is 2.49. The third-order valence-corrected chi connectivity index (χ3v) is 3.70. The number of aliphatic imine (C=N–C) groups is 1. The van der Waals surface area contributed by atoms with Gasteiger partial charge in [-0.1, -0.05) is 0 Å². The van der Waals surface area contributed by atoms with Crippen molar-refractivity contribution in [2.45, 2.75) is 0 Å². The molecule has 0 unspecified atom stereocenters. The Bertz CT molecular complexity index is 565. The molecule has 0 bridgehead atoms. The molecule has 2 heterocycles. The van der Waals surface area contributed by atoms with Gasteiger partial charge in [-0.15, -0.1) is 24.0 Å². The number of guanidine groups is 1. The van der Waals surface area contributed by atoms with E-state index in [1.54, 1.807) is 29.9 Å². The molecular formula is C15H27IN6O3. The van der Waals surface area contributed by atoms with Crippen molar-refractivity contribution >= 4 is 41.5 Å². The van der Waals surface area contributed by atoms with E-state index < -0.39 is 0 Å². The van der Waals surface area contributed by atoms with Gasteiger partial charge in [0.25, 0.3) is 0 Å². The van der Waals surface area contributed by atoms with Gasteiger partial charge < -0.3 is 24.6 Å². The standard InChI is InChI=1S/C15H26N6O3.HI/c1-16-15(17-4-7-24-9-8-23-3)20-5-6-21(14(22)12-20)13-10-18-19(2)11-13;/h10-11H,4-9,12H2,1-3H3,(H,16,17);1H. The molecule has 1 aromatic rings. The van der Waals surface area contributed by atoms with Crippen LogP contribution in [-0.2, 0) is 21.3 Å². The van der Waals surface area contributed by atoms with Gasteiger partial charge in [-0.2, -0.15) is 5.10 Å². The molecule has 0 atom stereocenters. The Morgan fingerprint density at radius 3 is 2.76 bits per heavy atom. The van der Waals surface area contributed by atoms with Crippen LogP contribution in [0.25, 0.3) is 0 Å². The van der Waals surface area contributed by atoms with Crippen molar-refractivity contribution in [3.8, 4) is 0 Å². The highest BCUT2D eigenvalue weighted by atomic mass is 127. The average molecular weight is 466 g/mol. The Kier molecular flexibility index (Phi) is 9.75. The molecule has 1 aliphatic heterocycles. The predicted octanol–water partition coefficient (Wildman–Crippen LogP) is -0.0749. The summed E-state index contributed by atoms with van der Waals surface area (Å²) >= 11 is 0. The minimum absolute atomic E-state index is 0. The van der Waals surface area contributed by atoms with Gasteiger partial charge in [0.2, 0.25) is 5.91 Å². The fraction of sp³-hybridized carbons (Fsp3) is 0.667. The van der Waals surface area contributed by atoms with Crippen molar-refractivity contribution in [1.82, 2.24) is 20.0 Å². The number of aryl methyl sites for hydroxylation is 1. The molecule has 9 nitrogen and oxygen atoms in total. The van der Waals surface area contributed by atoms with E-state index in [-0.39, 0.29) is 29.9 Å². The minimum Gasteiger partial charge on any atom is -0.382 e. The lowest BCUT2D eigenvalue weighted by Gasteiger charge is -2.35. The molecule has 1 saturated heterocycles. The maximum atomic E-state index is 12.4. The summed E-state index contributed by atoms with van der Waals surface area (Å²) in [5.41, 5.74) is 0.830. The third-order valence-electron chi connectivity index (χ3n) is 3.70. The first-order chi connectivity index (χ1) is 11.7. The Morgan fingerprint density at radius 1 is 1.36 bits per heavy atom.